The van der Waals surface area contributed by atoms with E-state index in [-0.39, 0.29) is 10.4 Å². The first-order valence-electron chi connectivity index (χ1n) is 8.13. The molecule has 2 heterocycles. The van der Waals surface area contributed by atoms with Crippen molar-refractivity contribution in [3.05, 3.63) is 41.2 Å². The van der Waals surface area contributed by atoms with Gasteiger partial charge in [-0.2, -0.15) is 0 Å². The lowest BCUT2D eigenvalue weighted by Crippen LogP contribution is -2.32. The second-order valence-electron chi connectivity index (χ2n) is 5.83. The molecule has 0 bridgehead atoms. The summed E-state index contributed by atoms with van der Waals surface area (Å²) in [5, 5.41) is 15.7. The lowest BCUT2D eigenvalue weighted by atomic mass is 10.1. The van der Waals surface area contributed by atoms with Crippen LogP contribution in [-0.4, -0.2) is 50.8 Å². The van der Waals surface area contributed by atoms with Crippen LogP contribution in [-0.2, 0) is 11.3 Å². The van der Waals surface area contributed by atoms with Crippen LogP contribution in [0.1, 0.15) is 24.7 Å². The van der Waals surface area contributed by atoms with Crippen LogP contribution < -0.4 is 10.1 Å². The van der Waals surface area contributed by atoms with Gasteiger partial charge in [0.2, 0.25) is 0 Å². The van der Waals surface area contributed by atoms with E-state index in [1.165, 1.54) is 11.8 Å². The van der Waals surface area contributed by atoms with E-state index in [9.17, 15) is 4.79 Å². The van der Waals surface area contributed by atoms with Gasteiger partial charge in [-0.1, -0.05) is 23.9 Å². The molecule has 7 nitrogen and oxygen atoms in total. The highest BCUT2D eigenvalue weighted by Crippen LogP contribution is 2.26. The van der Waals surface area contributed by atoms with Crippen LogP contribution in [0.25, 0.3) is 6.08 Å². The zero-order chi connectivity index (χ0) is 17.6. The molecule has 0 saturated carbocycles. The molecule has 25 heavy (non-hydrogen) atoms. The number of ether oxygens (including phenoxy) is 1. The highest BCUT2D eigenvalue weighted by molar-refractivity contribution is 8.14. The molecule has 1 aromatic heterocycles. The molecule has 2 aromatic rings. The van der Waals surface area contributed by atoms with Gasteiger partial charge >= 0.3 is 0 Å². The Bertz CT molecular complexity index is 757. The maximum Gasteiger partial charge on any atom is 0.186 e. The second-order valence-corrected chi connectivity index (χ2v) is 7.21. The van der Waals surface area contributed by atoms with Crippen molar-refractivity contribution in [3.63, 3.8) is 0 Å². The van der Waals surface area contributed by atoms with Gasteiger partial charge in [0.05, 0.1) is 13.7 Å². The van der Waals surface area contributed by atoms with Crippen molar-refractivity contribution in [1.29, 1.82) is 0 Å². The first-order valence-corrected chi connectivity index (χ1v) is 9.01. The monoisotopic (exact) mass is 359 g/mol. The van der Waals surface area contributed by atoms with Crippen molar-refractivity contribution in [1.82, 2.24) is 25.5 Å². The fourth-order valence-corrected chi connectivity index (χ4v) is 3.68. The van der Waals surface area contributed by atoms with E-state index in [1.54, 1.807) is 18.7 Å². The second kappa shape index (κ2) is 8.26. The normalized spacial score (nSPS) is 19.1. The Balaban J connectivity index is 1.78. The van der Waals surface area contributed by atoms with E-state index in [0.717, 1.165) is 36.4 Å². The van der Waals surface area contributed by atoms with E-state index < -0.39 is 0 Å². The fourth-order valence-electron chi connectivity index (χ4n) is 2.74. The van der Waals surface area contributed by atoms with Gasteiger partial charge in [-0.3, -0.25) is 4.79 Å². The Kier molecular flexibility index (Phi) is 5.83. The molecule has 0 spiro atoms. The first-order chi connectivity index (χ1) is 12.2. The average Bonchev–Trinajstić information content (AvgIpc) is 3.04. The molecule has 0 radical (unpaired) electrons. The van der Waals surface area contributed by atoms with Crippen LogP contribution in [0.5, 0.6) is 5.75 Å². The Morgan fingerprint density at radius 2 is 2.24 bits per heavy atom. The molecule has 1 aromatic carbocycles. The number of piperidine rings is 1. The van der Waals surface area contributed by atoms with Gasteiger partial charge in [-0.15, -0.1) is 5.10 Å². The number of tetrazole rings is 1. The summed E-state index contributed by atoms with van der Waals surface area (Å²) in [5.41, 5.74) is 2.24. The summed E-state index contributed by atoms with van der Waals surface area (Å²) in [6.07, 6.45) is 2.92. The highest BCUT2D eigenvalue weighted by atomic mass is 32.2. The van der Waals surface area contributed by atoms with Gasteiger partial charge in [0.1, 0.15) is 5.75 Å². The highest BCUT2D eigenvalue weighted by Gasteiger charge is 2.21. The van der Waals surface area contributed by atoms with E-state index >= 15 is 0 Å². The molecule has 1 aliphatic heterocycles. The number of hydrogen-bond donors (Lipinski definition) is 1. The van der Waals surface area contributed by atoms with Crippen LogP contribution in [0.3, 0.4) is 0 Å². The van der Waals surface area contributed by atoms with Gasteiger partial charge in [-0.05, 0) is 52.7 Å². The predicted molar refractivity (Wildman–Crippen MR) is 97.4 cm³/mol. The minimum absolute atomic E-state index is 0.135. The van der Waals surface area contributed by atoms with Gasteiger partial charge in [-0.25, -0.2) is 4.68 Å². The third kappa shape index (κ3) is 4.67. The first kappa shape index (κ1) is 17.6. The van der Waals surface area contributed by atoms with Crippen LogP contribution in [0, 0.1) is 0 Å². The number of thioether (sulfide) groups is 1. The van der Waals surface area contributed by atoms with Gasteiger partial charge < -0.3 is 10.1 Å². The number of nitrogens with one attached hydrogen (secondary N) is 1. The third-order valence-electron chi connectivity index (χ3n) is 4.00. The van der Waals surface area contributed by atoms with Crippen molar-refractivity contribution in [2.24, 2.45) is 0 Å². The quantitative estimate of drug-likeness (QED) is 0.871. The summed E-state index contributed by atoms with van der Waals surface area (Å²) in [7, 11) is 1.65. The SMILES string of the molecule is COc1ccc(Cn2nnnc2C=C2CNCCC2SC(C)=O)cc1. The lowest BCUT2D eigenvalue weighted by Gasteiger charge is -2.24. The zero-order valence-electron chi connectivity index (χ0n) is 14.3. The summed E-state index contributed by atoms with van der Waals surface area (Å²) in [4.78, 5) is 11.5. The van der Waals surface area contributed by atoms with Crippen LogP contribution in [0.2, 0.25) is 0 Å². The number of hydrogen-bond acceptors (Lipinski definition) is 7. The summed E-state index contributed by atoms with van der Waals surface area (Å²) in [5.74, 6) is 1.52. The topological polar surface area (TPSA) is 81.9 Å². The molecule has 0 amide bonds. The van der Waals surface area contributed by atoms with E-state index in [1.807, 2.05) is 30.3 Å². The number of carbonyl (C=O) groups excluding carboxylic acids is 1. The number of nitrogens with zero attached hydrogens (tertiary/aromatic N) is 4. The lowest BCUT2D eigenvalue weighted by molar-refractivity contribution is -0.109. The van der Waals surface area contributed by atoms with Gasteiger partial charge in [0, 0.05) is 18.7 Å². The molecule has 1 saturated heterocycles. The molecule has 1 aliphatic rings. The minimum Gasteiger partial charge on any atom is -0.497 e. The fraction of sp³-hybridized carbons (Fsp3) is 0.412. The number of carbonyl (C=O) groups is 1. The molecule has 1 atom stereocenters. The molecule has 1 N–H and O–H groups in total. The maximum absolute atomic E-state index is 11.5. The number of aromatic nitrogens is 4. The molecule has 1 unspecified atom stereocenters. The number of rotatable bonds is 5. The van der Waals surface area contributed by atoms with E-state index in [2.05, 4.69) is 20.8 Å². The summed E-state index contributed by atoms with van der Waals surface area (Å²) in [6.45, 7) is 3.85. The molecule has 0 aliphatic carbocycles. The number of methoxy groups -OCH3 is 1. The Labute approximate surface area is 150 Å². The Morgan fingerprint density at radius 3 is 2.96 bits per heavy atom. The summed E-state index contributed by atoms with van der Waals surface area (Å²) in [6, 6.07) is 7.83. The van der Waals surface area contributed by atoms with Crippen LogP contribution >= 0.6 is 11.8 Å². The predicted octanol–water partition coefficient (Wildman–Crippen LogP) is 1.75. The average molecular weight is 359 g/mol. The van der Waals surface area contributed by atoms with Crippen molar-refractivity contribution >= 4 is 23.0 Å². The van der Waals surface area contributed by atoms with Crippen molar-refractivity contribution in [3.8, 4) is 5.75 Å². The van der Waals surface area contributed by atoms with Gasteiger partial charge in [0.25, 0.3) is 0 Å². The van der Waals surface area contributed by atoms with Crippen LogP contribution in [0.4, 0.5) is 0 Å². The van der Waals surface area contributed by atoms with Crippen LogP contribution in [0.15, 0.2) is 29.8 Å². The minimum atomic E-state index is 0.135. The van der Waals surface area contributed by atoms with Crippen molar-refractivity contribution in [2.75, 3.05) is 20.2 Å². The van der Waals surface area contributed by atoms with Crippen molar-refractivity contribution < 1.29 is 9.53 Å². The molecule has 3 rings (SSSR count). The maximum atomic E-state index is 11.5. The molecule has 1 fully saturated rings. The summed E-state index contributed by atoms with van der Waals surface area (Å²) < 4.78 is 6.94. The smallest absolute Gasteiger partial charge is 0.186 e. The Morgan fingerprint density at radius 1 is 1.44 bits per heavy atom. The molecule has 132 valence electrons. The van der Waals surface area contributed by atoms with Gasteiger partial charge in [0.15, 0.2) is 10.9 Å². The summed E-state index contributed by atoms with van der Waals surface area (Å²) >= 11 is 1.38. The third-order valence-corrected chi connectivity index (χ3v) is 5.15. The van der Waals surface area contributed by atoms with Crippen molar-refractivity contribution in [2.45, 2.75) is 25.1 Å². The largest absolute Gasteiger partial charge is 0.497 e. The molecular weight excluding hydrogens is 338 g/mol. The van der Waals surface area contributed by atoms with E-state index in [4.69, 9.17) is 4.74 Å². The number of benzene rings is 1. The molecular formula is C17H21N5O2S. The van der Waals surface area contributed by atoms with E-state index in [0.29, 0.717) is 12.4 Å². The zero-order valence-corrected chi connectivity index (χ0v) is 15.1. The standard InChI is InChI=1S/C17H21N5O2S/c1-12(23)25-16-7-8-18-10-14(16)9-17-19-20-21-22(17)11-13-3-5-15(24-2)6-4-13/h3-6,9,16,18H,7-8,10-11H2,1-2H3. The Hall–Kier alpha value is -2.19. The molecule has 8 heteroatoms.